The predicted molar refractivity (Wildman–Crippen MR) is 65.2 cm³/mol. The zero-order valence-corrected chi connectivity index (χ0v) is 10.4. The molecule has 0 aromatic carbocycles. The van der Waals surface area contributed by atoms with Gasteiger partial charge in [0.05, 0.1) is 12.2 Å². The van der Waals surface area contributed by atoms with Crippen molar-refractivity contribution in [2.45, 2.75) is 19.8 Å². The molecule has 0 bridgehead atoms. The Labute approximate surface area is 106 Å². The van der Waals surface area contributed by atoms with E-state index in [2.05, 4.69) is 19.6 Å². The van der Waals surface area contributed by atoms with E-state index in [0.717, 1.165) is 12.0 Å². The number of carbonyl (C=O) groups excluding carboxylic acids is 1. The molecule has 3 aliphatic carbocycles. The minimum Gasteiger partial charge on any atom is -0.423 e. The lowest BCUT2D eigenvalue weighted by molar-refractivity contribution is -0.133. The van der Waals surface area contributed by atoms with Gasteiger partial charge in [-0.05, 0) is 42.1 Å². The molecular formula is C15H16O3. The SMILES string of the molecule is C=C1[C@H]2C[C@H]2[C@@]2(C)C=C3OC(=O)C(CO)=C3C[C@@H]12. The molecule has 94 valence electrons. The lowest BCUT2D eigenvalue weighted by Crippen LogP contribution is -2.29. The Balaban J connectivity index is 1.86. The monoisotopic (exact) mass is 244 g/mol. The maximum atomic E-state index is 11.7. The fourth-order valence-corrected chi connectivity index (χ4v) is 4.25. The van der Waals surface area contributed by atoms with Crippen LogP contribution in [0.3, 0.4) is 0 Å². The summed E-state index contributed by atoms with van der Waals surface area (Å²) in [5.74, 6) is 2.09. The van der Waals surface area contributed by atoms with E-state index in [1.807, 2.05) is 0 Å². The Morgan fingerprint density at radius 2 is 2.39 bits per heavy atom. The summed E-state index contributed by atoms with van der Waals surface area (Å²) in [5, 5.41) is 9.30. The number of rotatable bonds is 1. The highest BCUT2D eigenvalue weighted by Crippen LogP contribution is 2.70. The van der Waals surface area contributed by atoms with Crippen molar-refractivity contribution in [2.75, 3.05) is 6.61 Å². The molecule has 3 nitrogen and oxygen atoms in total. The molecule has 2 fully saturated rings. The largest absolute Gasteiger partial charge is 0.423 e. The lowest BCUT2D eigenvalue weighted by atomic mass is 9.67. The van der Waals surface area contributed by atoms with Crippen LogP contribution in [0.1, 0.15) is 19.8 Å². The third-order valence-corrected chi connectivity index (χ3v) is 5.38. The Hall–Kier alpha value is -1.35. The van der Waals surface area contributed by atoms with Crippen molar-refractivity contribution >= 4 is 5.97 Å². The molecule has 2 saturated carbocycles. The van der Waals surface area contributed by atoms with E-state index in [9.17, 15) is 9.90 Å². The molecule has 1 aliphatic heterocycles. The number of fused-ring (bicyclic) bond motifs is 4. The molecule has 0 unspecified atom stereocenters. The van der Waals surface area contributed by atoms with Crippen LogP contribution in [0.15, 0.2) is 35.1 Å². The Morgan fingerprint density at radius 3 is 3.11 bits per heavy atom. The van der Waals surface area contributed by atoms with Crippen molar-refractivity contribution in [1.29, 1.82) is 0 Å². The second-order valence-corrected chi connectivity index (χ2v) is 6.16. The first-order valence-electron chi connectivity index (χ1n) is 6.53. The number of hydrogen-bond donors (Lipinski definition) is 1. The van der Waals surface area contributed by atoms with Gasteiger partial charge in [-0.25, -0.2) is 4.79 Å². The standard InChI is InChI=1S/C15H16O3/c1-7-8-3-12(8)15(2)5-13-9(4-11(7)15)10(6-16)14(17)18-13/h5,8,11-12,16H,1,3-4,6H2,2H3/t8-,11+,12-,15+/m1/s1. The molecule has 0 radical (unpaired) electrons. The highest BCUT2D eigenvalue weighted by Gasteiger charge is 2.63. The van der Waals surface area contributed by atoms with Gasteiger partial charge < -0.3 is 9.84 Å². The van der Waals surface area contributed by atoms with Crippen LogP contribution in [0, 0.1) is 23.2 Å². The second-order valence-electron chi connectivity index (χ2n) is 6.16. The van der Waals surface area contributed by atoms with E-state index in [-0.39, 0.29) is 18.0 Å². The van der Waals surface area contributed by atoms with Gasteiger partial charge in [0.25, 0.3) is 0 Å². The van der Waals surface area contributed by atoms with Crippen molar-refractivity contribution in [3.63, 3.8) is 0 Å². The van der Waals surface area contributed by atoms with Crippen molar-refractivity contribution in [3.8, 4) is 0 Å². The van der Waals surface area contributed by atoms with E-state index < -0.39 is 0 Å². The molecule has 0 aromatic rings. The molecule has 1 heterocycles. The van der Waals surface area contributed by atoms with E-state index in [0.29, 0.717) is 29.1 Å². The molecular weight excluding hydrogens is 228 g/mol. The normalized spacial score (nSPS) is 44.3. The van der Waals surface area contributed by atoms with Crippen LogP contribution in [-0.2, 0) is 9.53 Å². The molecule has 3 heteroatoms. The Bertz CT molecular complexity index is 554. The molecule has 18 heavy (non-hydrogen) atoms. The van der Waals surface area contributed by atoms with Gasteiger partial charge in [-0.3, -0.25) is 0 Å². The molecule has 0 aromatic heterocycles. The number of carbonyl (C=O) groups is 1. The van der Waals surface area contributed by atoms with Crippen LogP contribution in [0.4, 0.5) is 0 Å². The van der Waals surface area contributed by atoms with E-state index >= 15 is 0 Å². The van der Waals surface area contributed by atoms with Gasteiger partial charge in [0.1, 0.15) is 5.76 Å². The van der Waals surface area contributed by atoms with Crippen molar-refractivity contribution in [2.24, 2.45) is 23.2 Å². The van der Waals surface area contributed by atoms with E-state index in [4.69, 9.17) is 4.74 Å². The summed E-state index contributed by atoms with van der Waals surface area (Å²) in [5.41, 5.74) is 2.79. The lowest BCUT2D eigenvalue weighted by Gasteiger charge is -2.36. The fraction of sp³-hybridized carbons (Fsp3) is 0.533. The quantitative estimate of drug-likeness (QED) is 0.566. The molecule has 4 rings (SSSR count). The minimum atomic E-state index is -0.375. The van der Waals surface area contributed by atoms with Crippen LogP contribution < -0.4 is 0 Å². The molecule has 0 spiro atoms. The molecule has 0 saturated heterocycles. The van der Waals surface area contributed by atoms with Crippen molar-refractivity contribution in [1.82, 2.24) is 0 Å². The van der Waals surface area contributed by atoms with Crippen molar-refractivity contribution < 1.29 is 14.6 Å². The zero-order chi connectivity index (χ0) is 12.7. The fourth-order valence-electron chi connectivity index (χ4n) is 4.25. The van der Waals surface area contributed by atoms with Gasteiger partial charge in [0.15, 0.2) is 0 Å². The number of ether oxygens (including phenoxy) is 1. The maximum Gasteiger partial charge on any atom is 0.342 e. The summed E-state index contributed by atoms with van der Waals surface area (Å²) in [7, 11) is 0. The summed E-state index contributed by atoms with van der Waals surface area (Å²) in [6.45, 7) is 6.28. The van der Waals surface area contributed by atoms with E-state index in [1.54, 1.807) is 0 Å². The Kier molecular flexibility index (Phi) is 1.74. The molecule has 4 atom stereocenters. The zero-order valence-electron chi connectivity index (χ0n) is 10.4. The summed E-state index contributed by atoms with van der Waals surface area (Å²) < 4.78 is 5.30. The smallest absolute Gasteiger partial charge is 0.342 e. The topological polar surface area (TPSA) is 46.5 Å². The maximum absolute atomic E-state index is 11.7. The summed E-state index contributed by atoms with van der Waals surface area (Å²) in [6.07, 6.45) is 4.16. The summed E-state index contributed by atoms with van der Waals surface area (Å²) in [4.78, 5) is 11.7. The second kappa shape index (κ2) is 2.97. The highest BCUT2D eigenvalue weighted by atomic mass is 16.5. The van der Waals surface area contributed by atoms with Crippen LogP contribution in [0.5, 0.6) is 0 Å². The van der Waals surface area contributed by atoms with Crippen LogP contribution in [0.2, 0.25) is 0 Å². The van der Waals surface area contributed by atoms with Gasteiger partial charge in [-0.2, -0.15) is 0 Å². The van der Waals surface area contributed by atoms with E-state index in [1.165, 1.54) is 12.0 Å². The van der Waals surface area contributed by atoms with Crippen molar-refractivity contribution in [3.05, 3.63) is 35.1 Å². The minimum absolute atomic E-state index is 0.103. The summed E-state index contributed by atoms with van der Waals surface area (Å²) in [6, 6.07) is 0. The average Bonchev–Trinajstić information content (AvgIpc) is 3.02. The Morgan fingerprint density at radius 1 is 1.61 bits per heavy atom. The molecule has 0 amide bonds. The summed E-state index contributed by atoms with van der Waals surface area (Å²) >= 11 is 0. The number of aliphatic hydroxyl groups is 1. The van der Waals surface area contributed by atoms with Gasteiger partial charge in [-0.15, -0.1) is 0 Å². The number of allylic oxidation sites excluding steroid dienone is 3. The number of esters is 1. The van der Waals surface area contributed by atoms with Crippen LogP contribution >= 0.6 is 0 Å². The first kappa shape index (κ1) is 10.6. The highest BCUT2D eigenvalue weighted by molar-refractivity contribution is 5.95. The van der Waals surface area contributed by atoms with Gasteiger partial charge in [0.2, 0.25) is 0 Å². The molecule has 1 N–H and O–H groups in total. The van der Waals surface area contributed by atoms with Gasteiger partial charge in [0, 0.05) is 5.57 Å². The first-order chi connectivity index (χ1) is 8.56. The predicted octanol–water partition coefficient (Wildman–Crippen LogP) is 1.95. The third-order valence-electron chi connectivity index (χ3n) is 5.38. The number of aliphatic hydroxyl groups excluding tert-OH is 1. The molecule has 4 aliphatic rings. The average molecular weight is 244 g/mol. The van der Waals surface area contributed by atoms with Crippen LogP contribution in [-0.4, -0.2) is 17.7 Å². The van der Waals surface area contributed by atoms with Gasteiger partial charge >= 0.3 is 5.97 Å². The third kappa shape index (κ3) is 1.02. The number of hydrogen-bond acceptors (Lipinski definition) is 3. The van der Waals surface area contributed by atoms with Crippen LogP contribution in [0.25, 0.3) is 0 Å². The van der Waals surface area contributed by atoms with Gasteiger partial charge in [-0.1, -0.05) is 19.1 Å². The first-order valence-corrected chi connectivity index (χ1v) is 6.53.